The first-order valence-corrected chi connectivity index (χ1v) is 10.8. The van der Waals surface area contributed by atoms with E-state index >= 15 is 0 Å². The minimum atomic E-state index is -0.923. The van der Waals surface area contributed by atoms with Crippen molar-refractivity contribution in [2.45, 2.75) is 37.9 Å². The Morgan fingerprint density at radius 2 is 1.88 bits per heavy atom. The molecule has 3 amide bonds. The summed E-state index contributed by atoms with van der Waals surface area (Å²) in [5.74, 6) is -1.04. The highest BCUT2D eigenvalue weighted by atomic mass is 32.1. The molecule has 3 atom stereocenters. The fraction of sp³-hybridized carbons (Fsp3) is 0.318. The number of nitrogens with zero attached hydrogens (tertiary/aromatic N) is 2. The van der Waals surface area contributed by atoms with Crippen molar-refractivity contribution in [3.05, 3.63) is 65.4 Å². The first kappa shape index (κ1) is 23.6. The molecule has 1 aliphatic rings. The Morgan fingerprint density at radius 1 is 1.22 bits per heavy atom. The van der Waals surface area contributed by atoms with Crippen LogP contribution in [0.3, 0.4) is 0 Å². The summed E-state index contributed by atoms with van der Waals surface area (Å²) in [6.07, 6.45) is 0.443. The van der Waals surface area contributed by atoms with Crippen LogP contribution in [0.25, 0.3) is 0 Å². The van der Waals surface area contributed by atoms with Gasteiger partial charge in [0, 0.05) is 17.9 Å². The largest absolute Gasteiger partial charge is 0.733 e. The van der Waals surface area contributed by atoms with E-state index in [2.05, 4.69) is 23.3 Å². The van der Waals surface area contributed by atoms with E-state index in [1.807, 2.05) is 6.07 Å². The molecule has 9 nitrogen and oxygen atoms in total. The van der Waals surface area contributed by atoms with Crippen molar-refractivity contribution in [1.82, 2.24) is 10.2 Å². The van der Waals surface area contributed by atoms with Crippen LogP contribution in [0.15, 0.2) is 54.6 Å². The van der Waals surface area contributed by atoms with Crippen molar-refractivity contribution in [1.29, 1.82) is 0 Å². The van der Waals surface area contributed by atoms with Gasteiger partial charge < -0.3 is 26.0 Å². The molecule has 3 rings (SSSR count). The van der Waals surface area contributed by atoms with E-state index in [1.165, 1.54) is 17.0 Å². The summed E-state index contributed by atoms with van der Waals surface area (Å²) in [5.41, 5.74) is 1.30. The van der Waals surface area contributed by atoms with Crippen molar-refractivity contribution in [2.75, 3.05) is 16.3 Å². The number of piperazine rings is 1. The quantitative estimate of drug-likeness (QED) is 0.355. The number of hydrogen-bond acceptors (Lipinski definition) is 7. The topological polar surface area (TPSA) is 125 Å². The number of thiol groups is 1. The lowest BCUT2D eigenvalue weighted by Crippen LogP contribution is -2.68. The monoisotopic (exact) mass is 457 g/mol. The zero-order chi connectivity index (χ0) is 23.3. The SMILES string of the molecule is CCC(C(=O)Nc1ccccc1)N1C(=O)[C@H](CS)NC(=O)[C@@H]1Cc1ccc(N([O-])O)cc1. The molecule has 0 aliphatic carbocycles. The van der Waals surface area contributed by atoms with Gasteiger partial charge in [0.15, 0.2) is 0 Å². The normalized spacial score (nSPS) is 19.3. The highest BCUT2D eigenvalue weighted by Crippen LogP contribution is 2.23. The molecule has 0 bridgehead atoms. The molecule has 0 radical (unpaired) electrons. The van der Waals surface area contributed by atoms with E-state index in [9.17, 15) is 19.6 Å². The van der Waals surface area contributed by atoms with E-state index in [0.717, 1.165) is 0 Å². The van der Waals surface area contributed by atoms with Crippen LogP contribution in [0.5, 0.6) is 0 Å². The zero-order valence-electron chi connectivity index (χ0n) is 17.5. The molecule has 10 heteroatoms. The van der Waals surface area contributed by atoms with Crippen LogP contribution in [-0.4, -0.2) is 51.7 Å². The lowest BCUT2D eigenvalue weighted by molar-refractivity contribution is -0.153. The average molecular weight is 458 g/mol. The van der Waals surface area contributed by atoms with Crippen LogP contribution in [0.2, 0.25) is 0 Å². The van der Waals surface area contributed by atoms with Crippen LogP contribution in [0.4, 0.5) is 11.4 Å². The van der Waals surface area contributed by atoms with Crippen molar-refractivity contribution >= 4 is 41.7 Å². The number of hydrogen-bond donors (Lipinski definition) is 4. The van der Waals surface area contributed by atoms with E-state index in [-0.39, 0.29) is 40.8 Å². The molecule has 3 N–H and O–H groups in total. The summed E-state index contributed by atoms with van der Waals surface area (Å²) >= 11 is 4.17. The third-order valence-corrected chi connectivity index (χ3v) is 5.71. The summed E-state index contributed by atoms with van der Waals surface area (Å²) in [6, 6.07) is 12.3. The van der Waals surface area contributed by atoms with Crippen LogP contribution < -0.4 is 15.9 Å². The van der Waals surface area contributed by atoms with Crippen LogP contribution in [0, 0.1) is 5.21 Å². The number of rotatable bonds is 8. The molecule has 1 heterocycles. The Labute approximate surface area is 191 Å². The molecular formula is C22H25N4O5S-. The second-order valence-corrected chi connectivity index (χ2v) is 7.79. The van der Waals surface area contributed by atoms with Crippen molar-refractivity contribution in [3.8, 4) is 0 Å². The minimum Gasteiger partial charge on any atom is -0.733 e. The molecule has 0 spiro atoms. The zero-order valence-corrected chi connectivity index (χ0v) is 18.4. The summed E-state index contributed by atoms with van der Waals surface area (Å²) < 4.78 is 0. The lowest BCUT2D eigenvalue weighted by Gasteiger charge is -2.42. The Hall–Kier alpha value is -3.08. The molecule has 0 saturated carbocycles. The number of carbonyl (C=O) groups is 3. The minimum absolute atomic E-state index is 0.0404. The van der Waals surface area contributed by atoms with Crippen molar-refractivity contribution in [3.63, 3.8) is 0 Å². The molecule has 170 valence electrons. The van der Waals surface area contributed by atoms with Gasteiger partial charge in [0.25, 0.3) is 0 Å². The van der Waals surface area contributed by atoms with Crippen LogP contribution >= 0.6 is 12.6 Å². The van der Waals surface area contributed by atoms with Gasteiger partial charge in [0.2, 0.25) is 17.7 Å². The van der Waals surface area contributed by atoms with Gasteiger partial charge in [0.05, 0.1) is 5.69 Å². The van der Waals surface area contributed by atoms with Gasteiger partial charge in [-0.1, -0.05) is 37.3 Å². The van der Waals surface area contributed by atoms with Crippen molar-refractivity contribution < 1.29 is 19.6 Å². The van der Waals surface area contributed by atoms with Gasteiger partial charge in [-0.2, -0.15) is 12.6 Å². The maximum atomic E-state index is 13.2. The predicted octanol–water partition coefficient (Wildman–Crippen LogP) is 1.97. The Morgan fingerprint density at radius 3 is 2.44 bits per heavy atom. The smallest absolute Gasteiger partial charge is 0.247 e. The van der Waals surface area contributed by atoms with Gasteiger partial charge >= 0.3 is 0 Å². The van der Waals surface area contributed by atoms with Gasteiger partial charge in [-0.05, 0) is 36.2 Å². The Kier molecular flexibility index (Phi) is 7.73. The standard InChI is InChI=1S/C22H25N4O5S/c1-2-18(20(27)23-15-6-4-3-5-7-15)25-19(21(28)24-17(13-32)22(25)29)12-14-8-10-16(11-9-14)26(30)31/h3-11,17-19,30,32H,2,12-13H2,1H3,(H,23,27)(H,24,28)/q-1/t17-,18?,19-/m0/s1. The molecule has 1 aliphatic heterocycles. The second kappa shape index (κ2) is 10.5. The Balaban J connectivity index is 1.89. The molecule has 1 unspecified atom stereocenters. The van der Waals surface area contributed by atoms with Gasteiger partial charge in [-0.25, -0.2) is 0 Å². The fourth-order valence-electron chi connectivity index (χ4n) is 3.71. The molecule has 0 aromatic heterocycles. The summed E-state index contributed by atoms with van der Waals surface area (Å²) in [4.78, 5) is 40.6. The van der Waals surface area contributed by atoms with Gasteiger partial charge in [0.1, 0.15) is 18.1 Å². The average Bonchev–Trinajstić information content (AvgIpc) is 2.79. The lowest BCUT2D eigenvalue weighted by atomic mass is 9.96. The maximum Gasteiger partial charge on any atom is 0.247 e. The number of carbonyl (C=O) groups excluding carboxylic acids is 3. The van der Waals surface area contributed by atoms with Crippen LogP contribution in [0.1, 0.15) is 18.9 Å². The van der Waals surface area contributed by atoms with Crippen LogP contribution in [-0.2, 0) is 20.8 Å². The molecule has 2 aromatic carbocycles. The highest BCUT2D eigenvalue weighted by Gasteiger charge is 2.44. The van der Waals surface area contributed by atoms with Gasteiger partial charge in [-0.3, -0.25) is 19.6 Å². The highest BCUT2D eigenvalue weighted by molar-refractivity contribution is 7.80. The van der Waals surface area contributed by atoms with E-state index in [1.54, 1.807) is 43.3 Å². The summed E-state index contributed by atoms with van der Waals surface area (Å²) in [6.45, 7) is 1.78. The number of para-hydroxylation sites is 1. The third-order valence-electron chi connectivity index (χ3n) is 5.34. The summed E-state index contributed by atoms with van der Waals surface area (Å²) in [7, 11) is 0. The fourth-order valence-corrected chi connectivity index (χ4v) is 3.96. The first-order valence-electron chi connectivity index (χ1n) is 10.2. The number of nitrogens with one attached hydrogen (secondary N) is 2. The Bertz CT molecular complexity index is 955. The second-order valence-electron chi connectivity index (χ2n) is 7.43. The van der Waals surface area contributed by atoms with E-state index in [4.69, 9.17) is 5.21 Å². The van der Waals surface area contributed by atoms with Gasteiger partial charge in [-0.15, -0.1) is 0 Å². The number of amides is 3. The molecule has 1 fully saturated rings. The molecule has 1 saturated heterocycles. The predicted molar refractivity (Wildman–Crippen MR) is 123 cm³/mol. The molecule has 32 heavy (non-hydrogen) atoms. The third kappa shape index (κ3) is 5.21. The first-order chi connectivity index (χ1) is 15.3. The maximum absolute atomic E-state index is 13.2. The van der Waals surface area contributed by atoms with E-state index < -0.39 is 18.1 Å². The molecular weight excluding hydrogens is 432 g/mol. The molecule has 2 aromatic rings. The summed E-state index contributed by atoms with van der Waals surface area (Å²) in [5, 5.41) is 25.3. The van der Waals surface area contributed by atoms with Crippen molar-refractivity contribution in [2.24, 2.45) is 0 Å². The number of anilines is 2. The number of benzene rings is 2. The van der Waals surface area contributed by atoms with E-state index in [0.29, 0.717) is 17.7 Å².